The summed E-state index contributed by atoms with van der Waals surface area (Å²) in [5, 5.41) is 20.6. The number of aromatic nitrogens is 2. The quantitative estimate of drug-likeness (QED) is 0.717. The van der Waals surface area contributed by atoms with Crippen LogP contribution in [0.5, 0.6) is 5.88 Å². The number of nitrogens with zero attached hydrogens (tertiary/aromatic N) is 5. The first kappa shape index (κ1) is 19.7. The Labute approximate surface area is 168 Å². The predicted molar refractivity (Wildman–Crippen MR) is 108 cm³/mol. The van der Waals surface area contributed by atoms with E-state index in [-0.39, 0.29) is 24.2 Å². The summed E-state index contributed by atoms with van der Waals surface area (Å²) < 4.78 is 1.58. The van der Waals surface area contributed by atoms with E-state index in [1.807, 2.05) is 13.1 Å². The van der Waals surface area contributed by atoms with E-state index in [0.29, 0.717) is 40.9 Å². The van der Waals surface area contributed by atoms with Crippen LogP contribution in [0.25, 0.3) is 16.7 Å². The number of aromatic hydroxyl groups is 1. The van der Waals surface area contributed by atoms with Gasteiger partial charge in [-0.25, -0.2) is 4.98 Å². The van der Waals surface area contributed by atoms with Gasteiger partial charge in [0.05, 0.1) is 22.7 Å². The Hall–Kier alpha value is -3.08. The number of pyridine rings is 1. The minimum Gasteiger partial charge on any atom is -0.494 e. The molecule has 1 N–H and O–H groups in total. The Kier molecular flexibility index (Phi) is 5.54. The van der Waals surface area contributed by atoms with Gasteiger partial charge in [-0.3, -0.25) is 9.36 Å². The Morgan fingerprint density at radius 1 is 1.18 bits per heavy atom. The maximum Gasteiger partial charge on any atom is 0.255 e. The van der Waals surface area contributed by atoms with Crippen molar-refractivity contribution in [2.24, 2.45) is 0 Å². The highest BCUT2D eigenvalue weighted by molar-refractivity contribution is 6.09. The summed E-state index contributed by atoms with van der Waals surface area (Å²) in [6, 6.07) is 12.4. The number of carbonyl (C=O) groups excluding carboxylic acids is 1. The smallest absolute Gasteiger partial charge is 0.255 e. The second-order valence-electron chi connectivity index (χ2n) is 6.65. The molecule has 0 bridgehead atoms. The lowest BCUT2D eigenvalue weighted by molar-refractivity contribution is 0.0666. The van der Waals surface area contributed by atoms with Gasteiger partial charge in [-0.05, 0) is 31.3 Å². The van der Waals surface area contributed by atoms with Gasteiger partial charge in [-0.2, -0.15) is 5.26 Å². The van der Waals surface area contributed by atoms with Crippen LogP contribution < -0.4 is 0 Å². The topological polar surface area (TPSA) is 85.4 Å². The van der Waals surface area contributed by atoms with Crippen molar-refractivity contribution in [3.05, 3.63) is 53.7 Å². The number of halogens is 1. The van der Waals surface area contributed by atoms with Gasteiger partial charge in [0.15, 0.2) is 5.88 Å². The fourth-order valence-electron chi connectivity index (χ4n) is 3.48. The van der Waals surface area contributed by atoms with Gasteiger partial charge in [-0.15, -0.1) is 12.4 Å². The molecule has 7 nitrogen and oxygen atoms in total. The zero-order valence-electron chi connectivity index (χ0n) is 15.4. The maximum absolute atomic E-state index is 13.2. The highest BCUT2D eigenvalue weighted by Gasteiger charge is 2.26. The summed E-state index contributed by atoms with van der Waals surface area (Å²) in [7, 11) is 2.02. The van der Waals surface area contributed by atoms with Gasteiger partial charge >= 0.3 is 0 Å². The van der Waals surface area contributed by atoms with E-state index in [4.69, 9.17) is 0 Å². The second kappa shape index (κ2) is 7.89. The molecule has 1 amide bonds. The van der Waals surface area contributed by atoms with Gasteiger partial charge in [-0.1, -0.05) is 6.07 Å². The number of nitriles is 1. The highest BCUT2D eigenvalue weighted by Crippen LogP contribution is 2.32. The van der Waals surface area contributed by atoms with Crippen LogP contribution in [0.15, 0.2) is 42.6 Å². The third-order valence-electron chi connectivity index (χ3n) is 4.97. The fraction of sp³-hybridized carbons (Fsp3) is 0.250. The van der Waals surface area contributed by atoms with Crippen molar-refractivity contribution in [3.8, 4) is 17.8 Å². The van der Waals surface area contributed by atoms with Crippen LogP contribution in [-0.4, -0.2) is 63.6 Å². The van der Waals surface area contributed by atoms with Crippen molar-refractivity contribution in [2.75, 3.05) is 33.2 Å². The summed E-state index contributed by atoms with van der Waals surface area (Å²) in [4.78, 5) is 21.4. The largest absolute Gasteiger partial charge is 0.494 e. The van der Waals surface area contributed by atoms with Gasteiger partial charge in [0.2, 0.25) is 0 Å². The Balaban J connectivity index is 0.00000225. The average Bonchev–Trinajstić information content (AvgIpc) is 3.03. The Morgan fingerprint density at radius 3 is 2.57 bits per heavy atom. The van der Waals surface area contributed by atoms with E-state index < -0.39 is 0 Å². The van der Waals surface area contributed by atoms with Crippen molar-refractivity contribution in [3.63, 3.8) is 0 Å². The summed E-state index contributed by atoms with van der Waals surface area (Å²) in [6.07, 6.45) is 1.64. The van der Waals surface area contributed by atoms with Gasteiger partial charge in [0.1, 0.15) is 5.82 Å². The van der Waals surface area contributed by atoms with Crippen LogP contribution in [0.1, 0.15) is 15.9 Å². The first-order valence-corrected chi connectivity index (χ1v) is 8.77. The van der Waals surface area contributed by atoms with Crippen molar-refractivity contribution < 1.29 is 9.90 Å². The standard InChI is InChI=1S/C20H19N5O2.ClH/c1-23-8-10-24(11-9-23)20(27)19-14(13-21)5-6-16-15(19)12-18(26)25(16)17-4-2-3-7-22-17;/h2-7,12,26H,8-11H2,1H3;1H. The monoisotopic (exact) mass is 397 g/mol. The van der Waals surface area contributed by atoms with Crippen LogP contribution in [0, 0.1) is 11.3 Å². The number of piperazine rings is 1. The van der Waals surface area contributed by atoms with Gasteiger partial charge in [0.25, 0.3) is 5.91 Å². The molecule has 1 aliphatic heterocycles. The molecule has 0 unspecified atom stereocenters. The zero-order chi connectivity index (χ0) is 19.0. The zero-order valence-corrected chi connectivity index (χ0v) is 16.2. The molecule has 0 radical (unpaired) electrons. The third-order valence-corrected chi connectivity index (χ3v) is 4.97. The number of amides is 1. The SMILES string of the molecule is CN1CCN(C(=O)c2c(C#N)ccc3c2cc(O)n3-c2ccccn2)CC1.Cl. The van der Waals surface area contributed by atoms with Gasteiger partial charge < -0.3 is 14.9 Å². The molecule has 0 spiro atoms. The van der Waals surface area contributed by atoms with Crippen molar-refractivity contribution >= 4 is 29.2 Å². The molecule has 1 fully saturated rings. The summed E-state index contributed by atoms with van der Waals surface area (Å²) in [5.41, 5.74) is 1.29. The number of rotatable bonds is 2. The molecule has 2 aromatic heterocycles. The van der Waals surface area contributed by atoms with Gasteiger partial charge in [0, 0.05) is 43.8 Å². The molecule has 0 atom stereocenters. The number of likely N-dealkylation sites (N-methyl/N-ethyl adjacent to an activating group) is 1. The molecule has 0 saturated carbocycles. The van der Waals surface area contributed by atoms with Crippen molar-refractivity contribution in [2.45, 2.75) is 0 Å². The lowest BCUT2D eigenvalue weighted by atomic mass is 10.0. The summed E-state index contributed by atoms with van der Waals surface area (Å²) in [5.74, 6) is 0.349. The van der Waals surface area contributed by atoms with Crippen molar-refractivity contribution in [1.82, 2.24) is 19.4 Å². The molecule has 1 saturated heterocycles. The fourth-order valence-corrected chi connectivity index (χ4v) is 3.48. The Bertz CT molecular complexity index is 1050. The first-order chi connectivity index (χ1) is 13.1. The lowest BCUT2D eigenvalue weighted by Gasteiger charge is -2.32. The molecule has 3 aromatic rings. The van der Waals surface area contributed by atoms with Crippen molar-refractivity contribution in [1.29, 1.82) is 5.26 Å². The van der Waals surface area contributed by atoms with E-state index in [1.165, 1.54) is 6.07 Å². The number of hydrogen-bond donors (Lipinski definition) is 1. The van der Waals surface area contributed by atoms with Crippen LogP contribution >= 0.6 is 12.4 Å². The molecule has 144 valence electrons. The second-order valence-corrected chi connectivity index (χ2v) is 6.65. The molecular weight excluding hydrogens is 378 g/mol. The molecule has 8 heteroatoms. The van der Waals surface area contributed by atoms with E-state index in [0.717, 1.165) is 13.1 Å². The summed E-state index contributed by atoms with van der Waals surface area (Å²) >= 11 is 0. The molecule has 3 heterocycles. The molecule has 1 aliphatic rings. The number of hydrogen-bond acceptors (Lipinski definition) is 5. The normalized spacial score (nSPS) is 14.5. The number of fused-ring (bicyclic) bond motifs is 1. The molecular formula is C20H20ClN5O2. The maximum atomic E-state index is 13.2. The minimum atomic E-state index is -0.177. The van der Waals surface area contributed by atoms with Crippen LogP contribution in [0.3, 0.4) is 0 Å². The van der Waals surface area contributed by atoms with E-state index >= 15 is 0 Å². The lowest BCUT2D eigenvalue weighted by Crippen LogP contribution is -2.47. The Morgan fingerprint density at radius 2 is 1.93 bits per heavy atom. The average molecular weight is 398 g/mol. The third kappa shape index (κ3) is 3.28. The molecule has 0 aliphatic carbocycles. The first-order valence-electron chi connectivity index (χ1n) is 8.77. The van der Waals surface area contributed by atoms with E-state index in [9.17, 15) is 15.2 Å². The molecule has 4 rings (SSSR count). The number of benzene rings is 1. The summed E-state index contributed by atoms with van der Waals surface area (Å²) in [6.45, 7) is 2.82. The predicted octanol–water partition coefficient (Wildman–Crippen LogP) is 2.41. The number of carbonyl (C=O) groups is 1. The molecule has 1 aromatic carbocycles. The van der Waals surface area contributed by atoms with E-state index in [1.54, 1.807) is 39.9 Å². The minimum absolute atomic E-state index is 0. The highest BCUT2D eigenvalue weighted by atomic mass is 35.5. The molecule has 28 heavy (non-hydrogen) atoms. The van der Waals surface area contributed by atoms with Crippen LogP contribution in [-0.2, 0) is 0 Å². The van der Waals surface area contributed by atoms with Crippen LogP contribution in [0.4, 0.5) is 0 Å². The van der Waals surface area contributed by atoms with E-state index in [2.05, 4.69) is 16.0 Å². The van der Waals surface area contributed by atoms with Crippen LogP contribution in [0.2, 0.25) is 0 Å².